The lowest BCUT2D eigenvalue weighted by Crippen LogP contribution is -2.48. The van der Waals surface area contributed by atoms with E-state index in [9.17, 15) is 13.2 Å². The van der Waals surface area contributed by atoms with E-state index < -0.39 is 11.6 Å². The topological polar surface area (TPSA) is 41.0 Å². The van der Waals surface area contributed by atoms with Crippen LogP contribution < -0.4 is 0 Å². The standard InChI is InChI=1S/C14H18F3N3/c1-9-3-4-10(7-18-9)12-19-8-11(20-12)13(5-2-6-13)14(15,16)17/h7-10H,2-6H2,1H3,(H,19,20). The summed E-state index contributed by atoms with van der Waals surface area (Å²) in [6.07, 6.45) is 1.76. The fourth-order valence-corrected chi connectivity index (χ4v) is 3.03. The fraction of sp³-hybridized carbons (Fsp3) is 0.714. The maximum atomic E-state index is 13.3. The highest BCUT2D eigenvalue weighted by Crippen LogP contribution is 2.54. The van der Waals surface area contributed by atoms with Crippen molar-refractivity contribution < 1.29 is 13.2 Å². The van der Waals surface area contributed by atoms with Gasteiger partial charge >= 0.3 is 6.18 Å². The summed E-state index contributed by atoms with van der Waals surface area (Å²) >= 11 is 0. The molecule has 0 saturated heterocycles. The molecule has 0 radical (unpaired) electrons. The average molecular weight is 285 g/mol. The smallest absolute Gasteiger partial charge is 0.345 e. The van der Waals surface area contributed by atoms with Crippen molar-refractivity contribution in [2.75, 3.05) is 0 Å². The minimum Gasteiger partial charge on any atom is -0.345 e. The maximum absolute atomic E-state index is 13.3. The van der Waals surface area contributed by atoms with Gasteiger partial charge in [-0.1, -0.05) is 6.42 Å². The molecule has 1 aromatic heterocycles. The van der Waals surface area contributed by atoms with Crippen LogP contribution >= 0.6 is 0 Å². The molecule has 110 valence electrons. The molecule has 3 nitrogen and oxygen atoms in total. The number of hydrogen-bond donors (Lipinski definition) is 1. The molecule has 0 aromatic carbocycles. The van der Waals surface area contributed by atoms with Crippen LogP contribution in [0.5, 0.6) is 0 Å². The van der Waals surface area contributed by atoms with Crippen LogP contribution in [0.15, 0.2) is 11.2 Å². The predicted octanol–water partition coefficient (Wildman–Crippen LogP) is 3.73. The zero-order chi connectivity index (χ0) is 14.4. The third kappa shape index (κ3) is 2.05. The number of halogens is 3. The monoisotopic (exact) mass is 285 g/mol. The largest absolute Gasteiger partial charge is 0.399 e. The molecule has 20 heavy (non-hydrogen) atoms. The highest BCUT2D eigenvalue weighted by atomic mass is 19.4. The summed E-state index contributed by atoms with van der Waals surface area (Å²) < 4.78 is 39.8. The van der Waals surface area contributed by atoms with Gasteiger partial charge in [-0.3, -0.25) is 4.99 Å². The molecule has 0 bridgehead atoms. The first-order chi connectivity index (χ1) is 9.42. The van der Waals surface area contributed by atoms with Crippen LogP contribution in [0.2, 0.25) is 0 Å². The lowest BCUT2D eigenvalue weighted by Gasteiger charge is -2.42. The number of aliphatic imine (C=N–C) groups is 1. The Morgan fingerprint density at radius 2 is 2.05 bits per heavy atom. The molecule has 0 amide bonds. The predicted molar refractivity (Wildman–Crippen MR) is 70.1 cm³/mol. The third-order valence-corrected chi connectivity index (χ3v) is 4.63. The summed E-state index contributed by atoms with van der Waals surface area (Å²) in [6, 6.07) is 0.300. The highest BCUT2D eigenvalue weighted by Gasteiger charge is 2.60. The van der Waals surface area contributed by atoms with E-state index in [1.807, 2.05) is 13.1 Å². The Labute approximate surface area is 115 Å². The number of nitrogens with zero attached hydrogens (tertiary/aromatic N) is 2. The molecular weight excluding hydrogens is 267 g/mol. The normalized spacial score (nSPS) is 29.2. The van der Waals surface area contributed by atoms with Crippen LogP contribution in [0.25, 0.3) is 0 Å². The Balaban J connectivity index is 1.85. The van der Waals surface area contributed by atoms with E-state index in [4.69, 9.17) is 0 Å². The van der Waals surface area contributed by atoms with E-state index in [0.717, 1.165) is 12.8 Å². The molecule has 3 rings (SSSR count). The SMILES string of the molecule is CC1CCC(c2ncc(C3(C(F)(F)F)CCC3)[nH]2)C=N1. The summed E-state index contributed by atoms with van der Waals surface area (Å²) in [5.74, 6) is 0.636. The van der Waals surface area contributed by atoms with Crippen molar-refractivity contribution in [3.63, 3.8) is 0 Å². The van der Waals surface area contributed by atoms with E-state index in [2.05, 4.69) is 15.0 Å². The Hall–Kier alpha value is -1.33. The van der Waals surface area contributed by atoms with Crippen LogP contribution in [-0.2, 0) is 5.41 Å². The van der Waals surface area contributed by atoms with Gasteiger partial charge in [0.2, 0.25) is 0 Å². The Morgan fingerprint density at radius 1 is 1.30 bits per heavy atom. The van der Waals surface area contributed by atoms with E-state index >= 15 is 0 Å². The van der Waals surface area contributed by atoms with Gasteiger partial charge in [0.1, 0.15) is 11.2 Å². The maximum Gasteiger partial charge on any atom is 0.399 e. The summed E-state index contributed by atoms with van der Waals surface area (Å²) in [5.41, 5.74) is -1.48. The molecule has 2 unspecified atom stereocenters. The second-order valence-electron chi connectivity index (χ2n) is 5.95. The van der Waals surface area contributed by atoms with Crippen molar-refractivity contribution in [1.82, 2.24) is 9.97 Å². The zero-order valence-electron chi connectivity index (χ0n) is 11.4. The van der Waals surface area contributed by atoms with Crippen LogP contribution in [0.3, 0.4) is 0 Å². The molecule has 1 aromatic rings. The first-order valence-corrected chi connectivity index (χ1v) is 7.08. The molecule has 1 saturated carbocycles. The van der Waals surface area contributed by atoms with Crippen molar-refractivity contribution in [1.29, 1.82) is 0 Å². The van der Waals surface area contributed by atoms with Crippen LogP contribution in [-0.4, -0.2) is 28.4 Å². The molecule has 2 heterocycles. The van der Waals surface area contributed by atoms with Gasteiger partial charge in [-0.25, -0.2) is 4.98 Å². The van der Waals surface area contributed by atoms with Crippen molar-refractivity contribution in [2.24, 2.45) is 4.99 Å². The quantitative estimate of drug-likeness (QED) is 0.883. The van der Waals surface area contributed by atoms with Gasteiger partial charge in [-0.2, -0.15) is 13.2 Å². The van der Waals surface area contributed by atoms with E-state index in [0.29, 0.717) is 18.3 Å². The minimum absolute atomic E-state index is 0.0188. The lowest BCUT2D eigenvalue weighted by molar-refractivity contribution is -0.214. The molecule has 1 aliphatic carbocycles. The van der Waals surface area contributed by atoms with Gasteiger partial charge in [-0.15, -0.1) is 0 Å². The number of H-pyrrole nitrogens is 1. The molecule has 6 heteroatoms. The Morgan fingerprint density at radius 3 is 2.55 bits per heavy atom. The van der Waals surface area contributed by atoms with Gasteiger partial charge in [0.15, 0.2) is 0 Å². The number of imidazole rings is 1. The van der Waals surface area contributed by atoms with E-state index in [1.165, 1.54) is 6.20 Å². The fourth-order valence-electron chi connectivity index (χ4n) is 3.03. The van der Waals surface area contributed by atoms with Gasteiger partial charge in [0.05, 0.1) is 11.6 Å². The van der Waals surface area contributed by atoms with Crippen LogP contribution in [0.4, 0.5) is 13.2 Å². The van der Waals surface area contributed by atoms with Crippen molar-refractivity contribution in [3.05, 3.63) is 17.7 Å². The van der Waals surface area contributed by atoms with E-state index in [-0.39, 0.29) is 24.5 Å². The Bertz CT molecular complexity index is 514. The molecular formula is C14H18F3N3. The number of rotatable bonds is 2. The minimum atomic E-state index is -4.20. The lowest BCUT2D eigenvalue weighted by atomic mass is 9.66. The first kappa shape index (κ1) is 13.6. The zero-order valence-corrected chi connectivity index (χ0v) is 11.4. The second kappa shape index (κ2) is 4.60. The molecule has 1 N–H and O–H groups in total. The number of hydrogen-bond acceptors (Lipinski definition) is 2. The van der Waals surface area contributed by atoms with Gasteiger partial charge < -0.3 is 4.98 Å². The number of nitrogens with one attached hydrogen (secondary N) is 1. The highest BCUT2D eigenvalue weighted by molar-refractivity contribution is 5.67. The van der Waals surface area contributed by atoms with Gasteiger partial charge in [-0.05, 0) is 32.6 Å². The molecule has 2 aliphatic rings. The molecule has 0 spiro atoms. The molecule has 1 aliphatic heterocycles. The van der Waals surface area contributed by atoms with Crippen molar-refractivity contribution >= 4 is 6.21 Å². The number of aromatic nitrogens is 2. The third-order valence-electron chi connectivity index (χ3n) is 4.63. The first-order valence-electron chi connectivity index (χ1n) is 7.08. The molecule has 1 fully saturated rings. The summed E-state index contributed by atoms with van der Waals surface area (Å²) in [4.78, 5) is 11.4. The van der Waals surface area contributed by atoms with Crippen molar-refractivity contribution in [3.8, 4) is 0 Å². The summed E-state index contributed by atoms with van der Waals surface area (Å²) in [6.45, 7) is 2.04. The number of alkyl halides is 3. The average Bonchev–Trinajstić information content (AvgIpc) is 2.76. The summed E-state index contributed by atoms with van der Waals surface area (Å²) in [7, 11) is 0. The Kier molecular flexibility index (Phi) is 3.14. The summed E-state index contributed by atoms with van der Waals surface area (Å²) in [5, 5.41) is 0. The molecule has 2 atom stereocenters. The van der Waals surface area contributed by atoms with E-state index in [1.54, 1.807) is 0 Å². The van der Waals surface area contributed by atoms with Gasteiger partial charge in [0.25, 0.3) is 0 Å². The van der Waals surface area contributed by atoms with Crippen LogP contribution in [0.1, 0.15) is 56.5 Å². The van der Waals surface area contributed by atoms with Gasteiger partial charge in [0, 0.05) is 18.5 Å². The number of aromatic amines is 1. The second-order valence-corrected chi connectivity index (χ2v) is 5.95. The van der Waals surface area contributed by atoms with Crippen molar-refractivity contribution in [2.45, 2.75) is 62.6 Å². The van der Waals surface area contributed by atoms with Crippen LogP contribution in [0, 0.1) is 0 Å².